The molecule has 292 valence electrons. The number of hydrogen-bond acceptors (Lipinski definition) is 8. The average Bonchev–Trinajstić information content (AvgIpc) is 3.81. The van der Waals surface area contributed by atoms with Crippen molar-refractivity contribution in [1.82, 2.24) is 30.7 Å². The summed E-state index contributed by atoms with van der Waals surface area (Å²) in [7, 11) is 0. The molecule has 2 aliphatic heterocycles. The van der Waals surface area contributed by atoms with E-state index >= 15 is 0 Å². The van der Waals surface area contributed by atoms with Gasteiger partial charge >= 0.3 is 0 Å². The fourth-order valence-electron chi connectivity index (χ4n) is 7.82. The fourth-order valence-corrected chi connectivity index (χ4v) is 7.82. The van der Waals surface area contributed by atoms with Gasteiger partial charge in [0, 0.05) is 73.2 Å². The number of benzene rings is 2. The van der Waals surface area contributed by atoms with Gasteiger partial charge in [-0.05, 0) is 99.3 Å². The van der Waals surface area contributed by atoms with Crippen LogP contribution in [0.1, 0.15) is 75.3 Å². The number of hydroxylamine groups is 2. The molecule has 14 heteroatoms. The number of nitrogens with one attached hydrogen (secondary N) is 4. The van der Waals surface area contributed by atoms with Gasteiger partial charge in [0.15, 0.2) is 0 Å². The second-order valence-corrected chi connectivity index (χ2v) is 14.7. The largest absolute Gasteiger partial charge is 0.361 e. The summed E-state index contributed by atoms with van der Waals surface area (Å²) in [5, 5.41) is 19.3. The Morgan fingerprint density at radius 3 is 1.39 bits per heavy atom. The van der Waals surface area contributed by atoms with Crippen LogP contribution in [0, 0.1) is 11.8 Å². The van der Waals surface area contributed by atoms with Crippen molar-refractivity contribution in [3.63, 3.8) is 0 Å². The molecular weight excluding hydrogens is 688 g/mol. The maximum atomic E-state index is 12.7. The third kappa shape index (κ3) is 11.1. The number of nitrogens with zero attached hydrogens (tertiary/aromatic N) is 2. The highest BCUT2D eigenvalue weighted by atomic mass is 16.5. The molecule has 0 unspecified atom stereocenters. The molecule has 2 aromatic carbocycles. The zero-order chi connectivity index (χ0) is 38.5. The van der Waals surface area contributed by atoms with Crippen LogP contribution in [0.3, 0.4) is 0 Å². The number of nitrogens with two attached hydrogens (primary N) is 2. The molecule has 4 heterocycles. The van der Waals surface area contributed by atoms with Crippen molar-refractivity contribution in [2.45, 2.75) is 89.1 Å². The first-order valence-electron chi connectivity index (χ1n) is 19.2. The summed E-state index contributed by atoms with van der Waals surface area (Å²) in [6, 6.07) is 15.0. The summed E-state index contributed by atoms with van der Waals surface area (Å²) in [6.45, 7) is 2.88. The van der Waals surface area contributed by atoms with Gasteiger partial charge in [0.2, 0.25) is 23.6 Å². The molecule has 0 radical (unpaired) electrons. The van der Waals surface area contributed by atoms with E-state index in [2.05, 4.69) is 9.97 Å². The Labute approximate surface area is 315 Å². The van der Waals surface area contributed by atoms with Crippen molar-refractivity contribution < 1.29 is 29.6 Å². The minimum atomic E-state index is -0.533. The van der Waals surface area contributed by atoms with Gasteiger partial charge in [-0.2, -0.15) is 0 Å². The molecular formula is C40H56N8O6. The Morgan fingerprint density at radius 1 is 0.648 bits per heavy atom. The topological polar surface area (TPSA) is 223 Å². The highest BCUT2D eigenvalue weighted by Gasteiger charge is 2.28. The molecule has 0 saturated carbocycles. The van der Waals surface area contributed by atoms with Crippen LogP contribution in [0.5, 0.6) is 0 Å². The van der Waals surface area contributed by atoms with E-state index < -0.39 is 12.1 Å². The minimum Gasteiger partial charge on any atom is -0.361 e. The lowest BCUT2D eigenvalue weighted by Gasteiger charge is -2.33. The van der Waals surface area contributed by atoms with E-state index in [0.717, 1.165) is 110 Å². The van der Waals surface area contributed by atoms with Gasteiger partial charge in [-0.3, -0.25) is 29.6 Å². The number of carbonyl (C=O) groups is 4. The molecule has 2 saturated heterocycles. The summed E-state index contributed by atoms with van der Waals surface area (Å²) in [4.78, 5) is 57.7. The lowest BCUT2D eigenvalue weighted by Crippen LogP contribution is -2.48. The van der Waals surface area contributed by atoms with Gasteiger partial charge in [0.05, 0.1) is 12.1 Å². The highest BCUT2D eigenvalue weighted by molar-refractivity contribution is 5.87. The predicted molar refractivity (Wildman–Crippen MR) is 206 cm³/mol. The number of aromatic amines is 2. The van der Waals surface area contributed by atoms with Crippen LogP contribution in [0.2, 0.25) is 0 Å². The first-order valence-corrected chi connectivity index (χ1v) is 19.2. The van der Waals surface area contributed by atoms with Gasteiger partial charge in [-0.25, -0.2) is 11.0 Å². The van der Waals surface area contributed by atoms with Crippen molar-refractivity contribution >= 4 is 45.4 Å². The van der Waals surface area contributed by atoms with Crippen LogP contribution in [0.4, 0.5) is 0 Å². The van der Waals surface area contributed by atoms with E-state index in [0.29, 0.717) is 37.5 Å². The molecule has 4 aromatic rings. The first-order chi connectivity index (χ1) is 26.2. The van der Waals surface area contributed by atoms with E-state index in [1.165, 1.54) is 0 Å². The van der Waals surface area contributed by atoms with Gasteiger partial charge in [-0.15, -0.1) is 0 Å². The van der Waals surface area contributed by atoms with Crippen LogP contribution in [-0.4, -0.2) is 92.1 Å². The van der Waals surface area contributed by atoms with E-state index in [4.69, 9.17) is 21.9 Å². The number of piperidine rings is 2. The van der Waals surface area contributed by atoms with E-state index in [1.807, 2.05) is 70.7 Å². The summed E-state index contributed by atoms with van der Waals surface area (Å²) >= 11 is 0. The van der Waals surface area contributed by atoms with Crippen LogP contribution in [-0.2, 0) is 32.0 Å². The van der Waals surface area contributed by atoms with Crippen LogP contribution in [0.25, 0.3) is 21.8 Å². The monoisotopic (exact) mass is 744 g/mol. The first kappa shape index (κ1) is 40.4. The molecule has 2 aromatic heterocycles. The number of amides is 4. The number of likely N-dealkylation sites (tertiary alicyclic amines) is 2. The molecule has 2 atom stereocenters. The van der Waals surface area contributed by atoms with Crippen LogP contribution >= 0.6 is 0 Å². The van der Waals surface area contributed by atoms with E-state index in [9.17, 15) is 19.2 Å². The number of hydrogen-bond donors (Lipinski definition) is 8. The fraction of sp³-hybridized carbons (Fsp3) is 0.500. The summed E-state index contributed by atoms with van der Waals surface area (Å²) in [6.07, 6.45) is 12.7. The molecule has 0 bridgehead atoms. The number of fused-ring (bicyclic) bond motifs is 2. The lowest BCUT2D eigenvalue weighted by atomic mass is 9.91. The zero-order valence-corrected chi connectivity index (χ0v) is 31.0. The van der Waals surface area contributed by atoms with Crippen molar-refractivity contribution in [2.75, 3.05) is 26.2 Å². The third-order valence-corrected chi connectivity index (χ3v) is 11.0. The maximum Gasteiger partial charge on any atom is 0.243 e. The smallest absolute Gasteiger partial charge is 0.243 e. The van der Waals surface area contributed by atoms with Gasteiger partial charge in [0.25, 0.3) is 0 Å². The van der Waals surface area contributed by atoms with Crippen molar-refractivity contribution in [3.8, 4) is 0 Å². The number of rotatable bonds is 14. The Morgan fingerprint density at radius 2 is 1.02 bits per heavy atom. The normalized spacial score (nSPS) is 16.4. The summed E-state index contributed by atoms with van der Waals surface area (Å²) < 4.78 is 0. The molecule has 0 aliphatic carbocycles. The lowest BCUT2D eigenvalue weighted by molar-refractivity contribution is -0.134. The summed E-state index contributed by atoms with van der Waals surface area (Å²) in [5.41, 5.74) is 20.0. The van der Waals surface area contributed by atoms with Crippen molar-refractivity contribution in [1.29, 1.82) is 0 Å². The molecule has 2 aliphatic rings. The zero-order valence-electron chi connectivity index (χ0n) is 31.0. The van der Waals surface area contributed by atoms with Crippen molar-refractivity contribution in [2.24, 2.45) is 23.3 Å². The molecule has 2 fully saturated rings. The number of aromatic nitrogens is 2. The standard InChI is InChI=1S/2C20H28N4O3/c2*21-17(12-15-13-22-18-6-2-1-5-16(15)18)20(26)24-10-8-14(9-11-24)4-3-7-19(25)23-27/h2*1-2,5-6,13-14,17,22,27H,3-4,7-12,21H2,(H,23,25)/t2*17-/m10/s1. The second kappa shape index (κ2) is 20.1. The van der Waals surface area contributed by atoms with Gasteiger partial charge in [-0.1, -0.05) is 36.4 Å². The molecule has 6 rings (SSSR count). The van der Waals surface area contributed by atoms with Gasteiger partial charge in [0.1, 0.15) is 0 Å². The minimum absolute atomic E-state index is 0.0124. The van der Waals surface area contributed by atoms with Crippen molar-refractivity contribution in [3.05, 3.63) is 72.1 Å². The molecule has 0 spiro atoms. The molecule has 54 heavy (non-hydrogen) atoms. The average molecular weight is 745 g/mol. The second-order valence-electron chi connectivity index (χ2n) is 14.7. The Bertz CT molecular complexity index is 1690. The third-order valence-electron chi connectivity index (χ3n) is 11.0. The molecule has 4 amide bonds. The van der Waals surface area contributed by atoms with E-state index in [-0.39, 0.29) is 23.6 Å². The quantitative estimate of drug-likeness (QED) is 0.0697. The Hall–Kier alpha value is -4.76. The van der Waals surface area contributed by atoms with Crippen LogP contribution in [0.15, 0.2) is 60.9 Å². The molecule has 10 N–H and O–H groups in total. The maximum absolute atomic E-state index is 12.7. The Balaban J connectivity index is 0.000000208. The summed E-state index contributed by atoms with van der Waals surface area (Å²) in [5.74, 6) is 0.379. The SMILES string of the molecule is N[C@@H](Cc1c[nH]c2ccccc12)C(=O)N1CCC(CCCC(=O)NO)CC1.N[C@H](Cc1c[nH]c2ccccc12)C(=O)N1CCC(CCCC(=O)NO)CC1. The predicted octanol–water partition coefficient (Wildman–Crippen LogP) is 3.90. The molecule has 14 nitrogen and oxygen atoms in total. The Kier molecular flexibility index (Phi) is 15.0. The van der Waals surface area contributed by atoms with Gasteiger partial charge < -0.3 is 31.2 Å². The van der Waals surface area contributed by atoms with Crippen LogP contribution < -0.4 is 22.4 Å². The number of H-pyrrole nitrogens is 2. The number of para-hydroxylation sites is 2. The number of carbonyl (C=O) groups excluding carboxylic acids is 4. The highest BCUT2D eigenvalue weighted by Crippen LogP contribution is 2.26. The van der Waals surface area contributed by atoms with E-state index in [1.54, 1.807) is 11.0 Å².